The number of nitrogens with one attached hydrogen (secondary N) is 1. The Bertz CT molecular complexity index is 565. The van der Waals surface area contributed by atoms with Gasteiger partial charge in [0.05, 0.1) is 17.4 Å². The summed E-state index contributed by atoms with van der Waals surface area (Å²) in [5.41, 5.74) is 5.09. The highest BCUT2D eigenvalue weighted by molar-refractivity contribution is 5.28. The topological polar surface area (TPSA) is 37.8 Å². The summed E-state index contributed by atoms with van der Waals surface area (Å²) in [6.45, 7) is 3.00. The lowest BCUT2D eigenvalue weighted by atomic mass is 10.1. The first-order valence-corrected chi connectivity index (χ1v) is 6.98. The van der Waals surface area contributed by atoms with E-state index in [1.165, 1.54) is 16.8 Å². The first kappa shape index (κ1) is 12.3. The number of aryl methyl sites for hydroxylation is 2. The molecule has 2 aromatic rings. The Balaban J connectivity index is 1.71. The Morgan fingerprint density at radius 3 is 2.95 bits per heavy atom. The van der Waals surface area contributed by atoms with Crippen LogP contribution in [-0.2, 0) is 19.4 Å². The molecule has 0 aromatic carbocycles. The molecule has 1 unspecified atom stereocenters. The van der Waals surface area contributed by atoms with Gasteiger partial charge in [-0.3, -0.25) is 9.97 Å². The maximum Gasteiger partial charge on any atom is 0.0605 e. The van der Waals surface area contributed by atoms with Gasteiger partial charge in [0, 0.05) is 18.9 Å². The van der Waals surface area contributed by atoms with Crippen LogP contribution in [0.25, 0.3) is 0 Å². The van der Waals surface area contributed by atoms with E-state index in [2.05, 4.69) is 34.3 Å². The molecule has 3 rings (SSSR count). The summed E-state index contributed by atoms with van der Waals surface area (Å²) in [6.07, 6.45) is 7.06. The minimum atomic E-state index is 0.378. The Morgan fingerprint density at radius 1 is 1.21 bits per heavy atom. The van der Waals surface area contributed by atoms with Crippen LogP contribution in [0, 0.1) is 0 Å². The van der Waals surface area contributed by atoms with Gasteiger partial charge in [-0.25, -0.2) is 0 Å². The Morgan fingerprint density at radius 2 is 2.05 bits per heavy atom. The normalized spacial score (nSPS) is 17.4. The number of rotatable bonds is 4. The predicted molar refractivity (Wildman–Crippen MR) is 75.8 cm³/mol. The van der Waals surface area contributed by atoms with Crippen molar-refractivity contribution in [1.82, 2.24) is 15.3 Å². The lowest BCUT2D eigenvalue weighted by molar-refractivity contribution is 0.514. The van der Waals surface area contributed by atoms with E-state index >= 15 is 0 Å². The molecule has 2 aromatic heterocycles. The monoisotopic (exact) mass is 253 g/mol. The van der Waals surface area contributed by atoms with Crippen LogP contribution in [0.15, 0.2) is 36.7 Å². The number of fused-ring (bicyclic) bond motifs is 1. The maximum atomic E-state index is 4.51. The first-order chi connectivity index (χ1) is 9.38. The van der Waals surface area contributed by atoms with Crippen molar-refractivity contribution in [2.75, 3.05) is 0 Å². The fourth-order valence-electron chi connectivity index (χ4n) is 2.78. The van der Waals surface area contributed by atoms with Crippen molar-refractivity contribution >= 4 is 0 Å². The lowest BCUT2D eigenvalue weighted by Crippen LogP contribution is -2.21. The minimum Gasteiger partial charge on any atom is -0.303 e. The molecule has 0 aliphatic heterocycles. The zero-order chi connectivity index (χ0) is 13.1. The summed E-state index contributed by atoms with van der Waals surface area (Å²) in [6, 6.07) is 8.75. The molecule has 1 atom stereocenters. The highest BCUT2D eigenvalue weighted by atomic mass is 15.0. The van der Waals surface area contributed by atoms with Crippen molar-refractivity contribution in [1.29, 1.82) is 0 Å². The molecular weight excluding hydrogens is 234 g/mol. The van der Waals surface area contributed by atoms with E-state index in [1.54, 1.807) is 0 Å². The molecule has 0 amide bonds. The highest BCUT2D eigenvalue weighted by Gasteiger charge is 2.23. The SMILES string of the molecule is CCc1cccnc1CNC1CCc2cccnc21. The average Bonchev–Trinajstić information content (AvgIpc) is 2.89. The van der Waals surface area contributed by atoms with Gasteiger partial charge in [0.15, 0.2) is 0 Å². The number of nitrogens with zero attached hydrogens (tertiary/aromatic N) is 2. The molecule has 0 spiro atoms. The van der Waals surface area contributed by atoms with E-state index < -0.39 is 0 Å². The molecular formula is C16H19N3. The number of pyridine rings is 2. The molecule has 98 valence electrons. The number of hydrogen-bond donors (Lipinski definition) is 1. The van der Waals surface area contributed by atoms with Crippen LogP contribution >= 0.6 is 0 Å². The van der Waals surface area contributed by atoms with E-state index in [4.69, 9.17) is 0 Å². The summed E-state index contributed by atoms with van der Waals surface area (Å²) in [7, 11) is 0. The van der Waals surface area contributed by atoms with Crippen LogP contribution < -0.4 is 5.32 Å². The molecule has 0 saturated carbocycles. The quantitative estimate of drug-likeness (QED) is 0.910. The fraction of sp³-hybridized carbons (Fsp3) is 0.375. The summed E-state index contributed by atoms with van der Waals surface area (Å²) in [5, 5.41) is 3.60. The third kappa shape index (κ3) is 2.51. The Kier molecular flexibility index (Phi) is 3.56. The van der Waals surface area contributed by atoms with E-state index in [0.717, 1.165) is 31.5 Å². The van der Waals surface area contributed by atoms with Crippen LogP contribution in [0.4, 0.5) is 0 Å². The van der Waals surface area contributed by atoms with Gasteiger partial charge in [-0.05, 0) is 42.5 Å². The van der Waals surface area contributed by atoms with Gasteiger partial charge in [-0.2, -0.15) is 0 Å². The van der Waals surface area contributed by atoms with Crippen molar-refractivity contribution in [3.63, 3.8) is 0 Å². The van der Waals surface area contributed by atoms with E-state index in [-0.39, 0.29) is 0 Å². The molecule has 1 N–H and O–H groups in total. The second-order valence-corrected chi connectivity index (χ2v) is 4.98. The summed E-state index contributed by atoms with van der Waals surface area (Å²) >= 11 is 0. The molecule has 0 bridgehead atoms. The van der Waals surface area contributed by atoms with Crippen LogP contribution in [0.2, 0.25) is 0 Å². The second-order valence-electron chi connectivity index (χ2n) is 4.98. The fourth-order valence-corrected chi connectivity index (χ4v) is 2.78. The lowest BCUT2D eigenvalue weighted by Gasteiger charge is -2.14. The van der Waals surface area contributed by atoms with E-state index in [1.807, 2.05) is 24.5 Å². The standard InChI is InChI=1S/C16H19N3/c1-2-12-5-3-9-17-15(12)11-19-14-8-7-13-6-4-10-18-16(13)14/h3-6,9-10,14,19H,2,7-8,11H2,1H3. The molecule has 3 heteroatoms. The third-order valence-electron chi connectivity index (χ3n) is 3.84. The van der Waals surface area contributed by atoms with Gasteiger partial charge in [-0.15, -0.1) is 0 Å². The molecule has 1 aliphatic rings. The van der Waals surface area contributed by atoms with Crippen molar-refractivity contribution in [3.05, 3.63) is 59.2 Å². The van der Waals surface area contributed by atoms with Crippen LogP contribution in [0.3, 0.4) is 0 Å². The predicted octanol–water partition coefficient (Wildman–Crippen LogP) is 2.82. The van der Waals surface area contributed by atoms with Gasteiger partial charge < -0.3 is 5.32 Å². The van der Waals surface area contributed by atoms with Crippen LogP contribution in [0.5, 0.6) is 0 Å². The largest absolute Gasteiger partial charge is 0.303 e. The average molecular weight is 253 g/mol. The van der Waals surface area contributed by atoms with Crippen LogP contribution in [0.1, 0.15) is 41.9 Å². The van der Waals surface area contributed by atoms with Gasteiger partial charge in [0.2, 0.25) is 0 Å². The van der Waals surface area contributed by atoms with Crippen LogP contribution in [-0.4, -0.2) is 9.97 Å². The van der Waals surface area contributed by atoms with Gasteiger partial charge >= 0.3 is 0 Å². The zero-order valence-corrected chi connectivity index (χ0v) is 11.3. The number of aromatic nitrogens is 2. The smallest absolute Gasteiger partial charge is 0.0605 e. The summed E-state index contributed by atoms with van der Waals surface area (Å²) in [4.78, 5) is 9.00. The summed E-state index contributed by atoms with van der Waals surface area (Å²) < 4.78 is 0. The molecule has 0 radical (unpaired) electrons. The van der Waals surface area contributed by atoms with E-state index in [0.29, 0.717) is 6.04 Å². The molecule has 0 saturated heterocycles. The van der Waals surface area contributed by atoms with Gasteiger partial charge in [0.25, 0.3) is 0 Å². The third-order valence-corrected chi connectivity index (χ3v) is 3.84. The van der Waals surface area contributed by atoms with Crippen molar-refractivity contribution in [2.45, 2.75) is 38.8 Å². The van der Waals surface area contributed by atoms with Crippen molar-refractivity contribution < 1.29 is 0 Å². The highest BCUT2D eigenvalue weighted by Crippen LogP contribution is 2.29. The Labute approximate surface area is 114 Å². The molecule has 3 nitrogen and oxygen atoms in total. The van der Waals surface area contributed by atoms with Crippen molar-refractivity contribution in [2.24, 2.45) is 0 Å². The molecule has 2 heterocycles. The minimum absolute atomic E-state index is 0.378. The molecule has 1 aliphatic carbocycles. The summed E-state index contributed by atoms with van der Waals surface area (Å²) in [5.74, 6) is 0. The van der Waals surface area contributed by atoms with Crippen molar-refractivity contribution in [3.8, 4) is 0 Å². The Hall–Kier alpha value is -1.74. The van der Waals surface area contributed by atoms with Gasteiger partial charge in [-0.1, -0.05) is 19.1 Å². The second kappa shape index (κ2) is 5.49. The number of hydrogen-bond acceptors (Lipinski definition) is 3. The maximum absolute atomic E-state index is 4.51. The zero-order valence-electron chi connectivity index (χ0n) is 11.3. The molecule has 19 heavy (non-hydrogen) atoms. The van der Waals surface area contributed by atoms with Gasteiger partial charge in [0.1, 0.15) is 0 Å². The van der Waals surface area contributed by atoms with E-state index in [9.17, 15) is 0 Å². The molecule has 0 fully saturated rings. The first-order valence-electron chi connectivity index (χ1n) is 6.98.